The van der Waals surface area contributed by atoms with Gasteiger partial charge in [0.05, 0.1) is 0 Å². The summed E-state index contributed by atoms with van der Waals surface area (Å²) in [6.07, 6.45) is 3.03. The lowest BCUT2D eigenvalue weighted by Gasteiger charge is -2.24. The Morgan fingerprint density at radius 3 is 2.59 bits per heavy atom. The number of rotatable bonds is 4. The predicted molar refractivity (Wildman–Crippen MR) is 90.3 cm³/mol. The van der Waals surface area contributed by atoms with Gasteiger partial charge in [-0.2, -0.15) is 0 Å². The summed E-state index contributed by atoms with van der Waals surface area (Å²) in [6.45, 7) is 9.33. The molecule has 122 valence electrons. The molecular weight excluding hydrogens is 276 g/mol. The molecule has 1 N–H and O–H groups in total. The molecule has 1 heterocycles. The van der Waals surface area contributed by atoms with Gasteiger partial charge in [-0.05, 0) is 51.3 Å². The zero-order chi connectivity index (χ0) is 16.2. The molecule has 1 aromatic carbocycles. The molecule has 0 radical (unpaired) electrons. The lowest BCUT2D eigenvalue weighted by atomic mass is 10.1. The normalized spacial score (nSPS) is 18.4. The van der Waals surface area contributed by atoms with Gasteiger partial charge >= 0.3 is 6.09 Å². The van der Waals surface area contributed by atoms with Gasteiger partial charge in [0.25, 0.3) is 0 Å². The Bertz CT molecular complexity index is 491. The van der Waals surface area contributed by atoms with Crippen molar-refractivity contribution in [2.75, 3.05) is 18.4 Å². The highest BCUT2D eigenvalue weighted by molar-refractivity contribution is 5.68. The Labute approximate surface area is 133 Å². The van der Waals surface area contributed by atoms with E-state index in [0.717, 1.165) is 25.1 Å². The van der Waals surface area contributed by atoms with Crippen LogP contribution >= 0.6 is 0 Å². The molecule has 2 rings (SSSR count). The largest absolute Gasteiger partial charge is 0.444 e. The van der Waals surface area contributed by atoms with Gasteiger partial charge in [0, 0.05) is 24.8 Å². The molecule has 0 aliphatic carbocycles. The third kappa shape index (κ3) is 4.93. The van der Waals surface area contributed by atoms with Crippen molar-refractivity contribution in [1.82, 2.24) is 4.90 Å². The fraction of sp³-hybridized carbons (Fsp3) is 0.611. The van der Waals surface area contributed by atoms with Crippen molar-refractivity contribution in [3.8, 4) is 0 Å². The Kier molecular flexibility index (Phi) is 5.33. The molecular formula is C18H28N2O2. The number of ether oxygens (including phenoxy) is 1. The van der Waals surface area contributed by atoms with Gasteiger partial charge in [0.1, 0.15) is 5.60 Å². The highest BCUT2D eigenvalue weighted by atomic mass is 16.6. The SMILES string of the molecule is CCCc1ccc(NC2CCN(C(=O)OC(C)(C)C)C2)cc1. The van der Waals surface area contributed by atoms with Crippen molar-refractivity contribution in [2.45, 2.75) is 58.6 Å². The van der Waals surface area contributed by atoms with Gasteiger partial charge in [0.15, 0.2) is 0 Å². The number of nitrogens with one attached hydrogen (secondary N) is 1. The molecule has 4 heteroatoms. The van der Waals surface area contributed by atoms with E-state index in [-0.39, 0.29) is 6.09 Å². The maximum Gasteiger partial charge on any atom is 0.410 e. The van der Waals surface area contributed by atoms with Crippen molar-refractivity contribution in [3.05, 3.63) is 29.8 Å². The Hall–Kier alpha value is -1.71. The summed E-state index contributed by atoms with van der Waals surface area (Å²) in [5.41, 5.74) is 2.06. The standard InChI is InChI=1S/C18H28N2O2/c1-5-6-14-7-9-15(10-8-14)19-16-11-12-20(13-16)17(21)22-18(2,3)4/h7-10,16,19H,5-6,11-13H2,1-4H3. The highest BCUT2D eigenvalue weighted by Crippen LogP contribution is 2.19. The summed E-state index contributed by atoms with van der Waals surface area (Å²) in [5, 5.41) is 3.51. The quantitative estimate of drug-likeness (QED) is 0.912. The molecule has 1 aromatic rings. The van der Waals surface area contributed by atoms with E-state index in [0.29, 0.717) is 12.6 Å². The maximum absolute atomic E-state index is 12.1. The minimum Gasteiger partial charge on any atom is -0.444 e. The van der Waals surface area contributed by atoms with Gasteiger partial charge in [-0.25, -0.2) is 4.79 Å². The number of anilines is 1. The first-order chi connectivity index (χ1) is 10.4. The molecule has 1 aliphatic rings. The maximum atomic E-state index is 12.1. The second kappa shape index (κ2) is 7.03. The van der Waals surface area contributed by atoms with Gasteiger partial charge in [-0.15, -0.1) is 0 Å². The van der Waals surface area contributed by atoms with Gasteiger partial charge in [-0.1, -0.05) is 25.5 Å². The van der Waals surface area contributed by atoms with Crippen LogP contribution in [-0.4, -0.2) is 35.7 Å². The molecule has 1 unspecified atom stereocenters. The monoisotopic (exact) mass is 304 g/mol. The molecule has 1 amide bonds. The van der Waals surface area contributed by atoms with Crippen molar-refractivity contribution in [1.29, 1.82) is 0 Å². The van der Waals surface area contributed by atoms with Crippen molar-refractivity contribution in [3.63, 3.8) is 0 Å². The minimum absolute atomic E-state index is 0.213. The van der Waals surface area contributed by atoms with Gasteiger partial charge in [0.2, 0.25) is 0 Å². The smallest absolute Gasteiger partial charge is 0.410 e. The van der Waals surface area contributed by atoms with Gasteiger partial charge < -0.3 is 15.0 Å². The summed E-state index contributed by atoms with van der Waals surface area (Å²) in [7, 11) is 0. The summed E-state index contributed by atoms with van der Waals surface area (Å²) < 4.78 is 5.42. The summed E-state index contributed by atoms with van der Waals surface area (Å²) in [6, 6.07) is 8.89. The van der Waals surface area contributed by atoms with E-state index in [1.165, 1.54) is 12.0 Å². The topological polar surface area (TPSA) is 41.6 Å². The number of amides is 1. The molecule has 0 spiro atoms. The van der Waals surface area contributed by atoms with Crippen molar-refractivity contribution >= 4 is 11.8 Å². The van der Waals surface area contributed by atoms with Crippen LogP contribution in [0.5, 0.6) is 0 Å². The highest BCUT2D eigenvalue weighted by Gasteiger charge is 2.29. The number of benzene rings is 1. The van der Waals surface area contributed by atoms with E-state index in [4.69, 9.17) is 4.74 Å². The third-order valence-electron chi connectivity index (χ3n) is 3.70. The molecule has 1 atom stereocenters. The van der Waals surface area contributed by atoms with Crippen LogP contribution in [0.25, 0.3) is 0 Å². The van der Waals surface area contributed by atoms with E-state index < -0.39 is 5.60 Å². The van der Waals surface area contributed by atoms with Crippen LogP contribution < -0.4 is 5.32 Å². The molecule has 0 bridgehead atoms. The summed E-state index contributed by atoms with van der Waals surface area (Å²) in [5.74, 6) is 0. The number of likely N-dealkylation sites (tertiary alicyclic amines) is 1. The number of carbonyl (C=O) groups is 1. The summed E-state index contributed by atoms with van der Waals surface area (Å²) >= 11 is 0. The zero-order valence-electron chi connectivity index (χ0n) is 14.2. The lowest BCUT2D eigenvalue weighted by Crippen LogP contribution is -2.36. The average Bonchev–Trinajstić information content (AvgIpc) is 2.88. The van der Waals surface area contributed by atoms with E-state index in [1.807, 2.05) is 20.8 Å². The molecule has 22 heavy (non-hydrogen) atoms. The molecule has 4 nitrogen and oxygen atoms in total. The fourth-order valence-electron chi connectivity index (χ4n) is 2.66. The molecule has 1 aliphatic heterocycles. The predicted octanol–water partition coefficient (Wildman–Crippen LogP) is 4.06. The fourth-order valence-corrected chi connectivity index (χ4v) is 2.66. The van der Waals surface area contributed by atoms with E-state index in [9.17, 15) is 4.79 Å². The average molecular weight is 304 g/mol. The first-order valence-electron chi connectivity index (χ1n) is 8.21. The Morgan fingerprint density at radius 1 is 1.32 bits per heavy atom. The molecule has 1 saturated heterocycles. The lowest BCUT2D eigenvalue weighted by molar-refractivity contribution is 0.0293. The van der Waals surface area contributed by atoms with Crippen LogP contribution in [0.15, 0.2) is 24.3 Å². The first-order valence-corrected chi connectivity index (χ1v) is 8.21. The second-order valence-electron chi connectivity index (χ2n) is 7.00. The van der Waals surface area contributed by atoms with Crippen LogP contribution in [-0.2, 0) is 11.2 Å². The van der Waals surface area contributed by atoms with Crippen molar-refractivity contribution < 1.29 is 9.53 Å². The summed E-state index contributed by atoms with van der Waals surface area (Å²) in [4.78, 5) is 13.8. The van der Waals surface area contributed by atoms with Crippen LogP contribution in [0.4, 0.5) is 10.5 Å². The van der Waals surface area contributed by atoms with E-state index in [1.54, 1.807) is 4.90 Å². The number of aryl methyl sites for hydroxylation is 1. The van der Waals surface area contributed by atoms with Crippen LogP contribution in [0.2, 0.25) is 0 Å². The molecule has 0 aromatic heterocycles. The number of hydrogen-bond acceptors (Lipinski definition) is 3. The Balaban J connectivity index is 1.84. The van der Waals surface area contributed by atoms with Crippen LogP contribution in [0.3, 0.4) is 0 Å². The zero-order valence-corrected chi connectivity index (χ0v) is 14.2. The number of hydrogen-bond donors (Lipinski definition) is 1. The molecule has 0 saturated carbocycles. The minimum atomic E-state index is -0.433. The number of carbonyl (C=O) groups excluding carboxylic acids is 1. The Morgan fingerprint density at radius 2 is 2.00 bits per heavy atom. The van der Waals surface area contributed by atoms with E-state index in [2.05, 4.69) is 36.5 Å². The van der Waals surface area contributed by atoms with Crippen LogP contribution in [0, 0.1) is 0 Å². The second-order valence-corrected chi connectivity index (χ2v) is 7.00. The van der Waals surface area contributed by atoms with E-state index >= 15 is 0 Å². The molecule has 1 fully saturated rings. The third-order valence-corrected chi connectivity index (χ3v) is 3.70. The number of nitrogens with zero attached hydrogens (tertiary/aromatic N) is 1. The van der Waals surface area contributed by atoms with Crippen molar-refractivity contribution in [2.24, 2.45) is 0 Å². The van der Waals surface area contributed by atoms with Crippen LogP contribution in [0.1, 0.15) is 46.1 Å². The first kappa shape index (κ1) is 16.7. The van der Waals surface area contributed by atoms with Gasteiger partial charge in [-0.3, -0.25) is 0 Å².